The van der Waals surface area contributed by atoms with Crippen molar-refractivity contribution in [2.24, 2.45) is 0 Å². The molecule has 0 fully saturated rings. The van der Waals surface area contributed by atoms with Gasteiger partial charge in [0.2, 0.25) is 0 Å². The monoisotopic (exact) mass is 346 g/mol. The van der Waals surface area contributed by atoms with Crippen molar-refractivity contribution in [2.45, 2.75) is 63.9 Å². The first-order valence-corrected chi connectivity index (χ1v) is 9.08. The van der Waals surface area contributed by atoms with Gasteiger partial charge in [0, 0.05) is 18.4 Å². The predicted molar refractivity (Wildman–Crippen MR) is 100 cm³/mol. The topological polar surface area (TPSA) is 63.6 Å². The molecule has 4 heteroatoms. The summed E-state index contributed by atoms with van der Waals surface area (Å²) in [5.41, 5.74) is -0.816. The van der Waals surface area contributed by atoms with Gasteiger partial charge < -0.3 is 9.84 Å². The quantitative estimate of drug-likeness (QED) is 0.263. The molecule has 25 heavy (non-hydrogen) atoms. The van der Waals surface area contributed by atoms with E-state index in [2.05, 4.69) is 17.7 Å². The Kier molecular flexibility index (Phi) is 9.78. The number of hydrogen-bond acceptors (Lipinski definition) is 4. The summed E-state index contributed by atoms with van der Waals surface area (Å²) in [6, 6.07) is 0. The van der Waals surface area contributed by atoms with Crippen molar-refractivity contribution >= 4 is 11.8 Å². The number of unbranched alkanes of at least 4 members (excludes halogenated alkanes) is 4. The van der Waals surface area contributed by atoms with Gasteiger partial charge in [0.1, 0.15) is 5.60 Å². The average Bonchev–Trinajstić information content (AvgIpc) is 2.89. The molecule has 0 amide bonds. The van der Waals surface area contributed by atoms with Gasteiger partial charge in [-0.2, -0.15) is 0 Å². The minimum Gasteiger partial charge on any atom is -0.469 e. The van der Waals surface area contributed by atoms with E-state index in [0.717, 1.165) is 19.3 Å². The molecule has 0 spiro atoms. The Bertz CT molecular complexity index is 554. The van der Waals surface area contributed by atoms with E-state index in [1.54, 1.807) is 18.2 Å². The molecule has 138 valence electrons. The maximum absolute atomic E-state index is 12.0. The van der Waals surface area contributed by atoms with Gasteiger partial charge in [0.25, 0.3) is 0 Å². The van der Waals surface area contributed by atoms with E-state index in [-0.39, 0.29) is 11.8 Å². The normalized spacial score (nSPS) is 21.9. The molecule has 1 N–H and O–H groups in total. The summed E-state index contributed by atoms with van der Waals surface area (Å²) in [7, 11) is 1.38. The van der Waals surface area contributed by atoms with Crippen LogP contribution >= 0.6 is 0 Å². The number of rotatable bonds is 11. The van der Waals surface area contributed by atoms with Gasteiger partial charge >= 0.3 is 5.97 Å². The minimum absolute atomic E-state index is 0.152. The van der Waals surface area contributed by atoms with E-state index in [1.807, 2.05) is 12.2 Å². The molecule has 1 aliphatic carbocycles. The van der Waals surface area contributed by atoms with Crippen molar-refractivity contribution in [3.05, 3.63) is 48.1 Å². The van der Waals surface area contributed by atoms with Crippen LogP contribution in [0.1, 0.15) is 58.3 Å². The molecule has 0 saturated carbocycles. The van der Waals surface area contributed by atoms with Crippen LogP contribution in [-0.2, 0) is 14.3 Å². The Hall–Kier alpha value is -1.94. The molecular weight excluding hydrogens is 316 g/mol. The Morgan fingerprint density at radius 3 is 2.68 bits per heavy atom. The second-order valence-electron chi connectivity index (χ2n) is 6.27. The first kappa shape index (κ1) is 21.1. The number of methoxy groups -OCH3 is 1. The van der Waals surface area contributed by atoms with Crippen LogP contribution in [-0.4, -0.2) is 29.6 Å². The largest absolute Gasteiger partial charge is 0.469 e. The zero-order valence-corrected chi connectivity index (χ0v) is 15.4. The summed E-state index contributed by atoms with van der Waals surface area (Å²) < 4.78 is 4.58. The van der Waals surface area contributed by atoms with Crippen molar-refractivity contribution in [1.29, 1.82) is 0 Å². The fourth-order valence-corrected chi connectivity index (χ4v) is 2.63. The second-order valence-corrected chi connectivity index (χ2v) is 6.27. The highest BCUT2D eigenvalue weighted by molar-refractivity contribution is 6.09. The molecule has 0 aromatic rings. The third-order valence-electron chi connectivity index (χ3n) is 4.19. The Labute approximate surface area is 151 Å². The van der Waals surface area contributed by atoms with Crippen LogP contribution in [0.25, 0.3) is 0 Å². The average molecular weight is 346 g/mol. The van der Waals surface area contributed by atoms with Crippen LogP contribution in [0.2, 0.25) is 0 Å². The number of ketones is 1. The van der Waals surface area contributed by atoms with E-state index >= 15 is 0 Å². The molecule has 0 saturated heterocycles. The van der Waals surface area contributed by atoms with Crippen molar-refractivity contribution in [3.63, 3.8) is 0 Å². The molecule has 0 aromatic carbocycles. The molecule has 0 aliphatic heterocycles. The van der Waals surface area contributed by atoms with Crippen LogP contribution in [0.3, 0.4) is 0 Å². The number of carbonyl (C=O) groups excluding carboxylic acids is 2. The summed E-state index contributed by atoms with van der Waals surface area (Å²) in [5, 5.41) is 10.7. The van der Waals surface area contributed by atoms with E-state index in [9.17, 15) is 14.7 Å². The molecule has 0 unspecified atom stereocenters. The highest BCUT2D eigenvalue weighted by Crippen LogP contribution is 2.30. The first-order chi connectivity index (χ1) is 12.0. The van der Waals surface area contributed by atoms with Gasteiger partial charge in [0.05, 0.1) is 7.11 Å². The van der Waals surface area contributed by atoms with Crippen LogP contribution in [0.4, 0.5) is 0 Å². The summed E-state index contributed by atoms with van der Waals surface area (Å²) in [5.74, 6) is -0.372. The molecule has 1 rings (SSSR count). The zero-order chi connectivity index (χ0) is 18.5. The van der Waals surface area contributed by atoms with Crippen molar-refractivity contribution < 1.29 is 19.4 Å². The Morgan fingerprint density at radius 1 is 1.20 bits per heavy atom. The number of allylic oxidation sites excluding steroid dienone is 5. The maximum Gasteiger partial charge on any atom is 0.305 e. The molecule has 0 aromatic heterocycles. The zero-order valence-electron chi connectivity index (χ0n) is 15.4. The minimum atomic E-state index is -1.21. The van der Waals surface area contributed by atoms with Gasteiger partial charge in [-0.1, -0.05) is 50.1 Å². The van der Waals surface area contributed by atoms with E-state index in [4.69, 9.17) is 0 Å². The third kappa shape index (κ3) is 7.65. The lowest BCUT2D eigenvalue weighted by molar-refractivity contribution is -0.140. The molecule has 0 bridgehead atoms. The predicted octanol–water partition coefficient (Wildman–Crippen LogP) is 4.21. The van der Waals surface area contributed by atoms with Gasteiger partial charge in [0.15, 0.2) is 5.78 Å². The lowest BCUT2D eigenvalue weighted by Crippen LogP contribution is -2.27. The second kappa shape index (κ2) is 11.6. The first-order valence-electron chi connectivity index (χ1n) is 9.08. The molecule has 0 heterocycles. The van der Waals surface area contributed by atoms with E-state index in [1.165, 1.54) is 26.0 Å². The summed E-state index contributed by atoms with van der Waals surface area (Å²) in [4.78, 5) is 23.0. The fourth-order valence-electron chi connectivity index (χ4n) is 2.63. The van der Waals surface area contributed by atoms with Crippen LogP contribution in [0.5, 0.6) is 0 Å². The number of aliphatic hydroxyl groups is 1. The van der Waals surface area contributed by atoms with Gasteiger partial charge in [-0.3, -0.25) is 9.59 Å². The van der Waals surface area contributed by atoms with E-state index < -0.39 is 5.60 Å². The Balaban J connectivity index is 2.51. The maximum atomic E-state index is 12.0. The van der Waals surface area contributed by atoms with Crippen LogP contribution in [0, 0.1) is 0 Å². The van der Waals surface area contributed by atoms with Crippen LogP contribution < -0.4 is 0 Å². The summed E-state index contributed by atoms with van der Waals surface area (Å²) in [6.07, 6.45) is 19.1. The highest BCUT2D eigenvalue weighted by atomic mass is 16.5. The summed E-state index contributed by atoms with van der Waals surface area (Å²) in [6.45, 7) is 2.17. The van der Waals surface area contributed by atoms with Crippen LogP contribution in [0.15, 0.2) is 48.1 Å². The van der Waals surface area contributed by atoms with Crippen molar-refractivity contribution in [3.8, 4) is 0 Å². The van der Waals surface area contributed by atoms with Crippen molar-refractivity contribution in [1.82, 2.24) is 0 Å². The SMILES string of the molecule is CCCCC/C=C\C[C@]1(O)C=CC(=O)/C1=C\C=C\CCCC(=O)OC. The van der Waals surface area contributed by atoms with Gasteiger partial charge in [-0.05, 0) is 37.8 Å². The number of ether oxygens (including phenoxy) is 1. The molecule has 4 nitrogen and oxygen atoms in total. The number of hydrogen-bond donors (Lipinski definition) is 1. The van der Waals surface area contributed by atoms with E-state index in [0.29, 0.717) is 24.8 Å². The summed E-state index contributed by atoms with van der Waals surface area (Å²) >= 11 is 0. The molecule has 1 aliphatic rings. The Morgan fingerprint density at radius 2 is 1.96 bits per heavy atom. The molecular formula is C21H30O4. The molecule has 1 atom stereocenters. The standard InChI is InChI=1S/C21H30O4/c1-3-4-5-6-9-12-16-21(24)17-15-19(22)18(21)13-10-7-8-11-14-20(23)25-2/h7,9-10,12-13,15,17,24H,3-6,8,11,14,16H2,1-2H3/b10-7+,12-9-,18-13+/t21-/m0/s1. The lowest BCUT2D eigenvalue weighted by Gasteiger charge is -2.20. The lowest BCUT2D eigenvalue weighted by atomic mass is 9.92. The number of esters is 1. The third-order valence-corrected chi connectivity index (χ3v) is 4.19. The van der Waals surface area contributed by atoms with Gasteiger partial charge in [-0.15, -0.1) is 0 Å². The van der Waals surface area contributed by atoms with Crippen molar-refractivity contribution in [2.75, 3.05) is 7.11 Å². The fraction of sp³-hybridized carbons (Fsp3) is 0.524. The van der Waals surface area contributed by atoms with Gasteiger partial charge in [-0.25, -0.2) is 0 Å². The molecule has 0 radical (unpaired) electrons. The highest BCUT2D eigenvalue weighted by Gasteiger charge is 2.35. The smallest absolute Gasteiger partial charge is 0.305 e. The number of carbonyl (C=O) groups is 2.